The van der Waals surface area contributed by atoms with Crippen LogP contribution in [0.4, 0.5) is 0 Å². The second-order valence-corrected chi connectivity index (χ2v) is 9.45. The molecule has 6 rings (SSSR count). The number of pyridine rings is 1. The Morgan fingerprint density at radius 3 is 2.64 bits per heavy atom. The Labute approximate surface area is 193 Å². The monoisotopic (exact) mass is 431 g/mol. The van der Waals surface area contributed by atoms with Gasteiger partial charge in [-0.15, -0.1) is 0 Å². The third kappa shape index (κ3) is 3.65. The number of hydrogen-bond donors (Lipinski definition) is 0. The van der Waals surface area contributed by atoms with Gasteiger partial charge in [0.25, 0.3) is 5.56 Å². The van der Waals surface area contributed by atoms with Crippen molar-refractivity contribution in [2.75, 3.05) is 13.1 Å². The zero-order valence-corrected chi connectivity index (χ0v) is 18.4. The van der Waals surface area contributed by atoms with Gasteiger partial charge in [-0.2, -0.15) is 5.26 Å². The molecule has 33 heavy (non-hydrogen) atoms. The van der Waals surface area contributed by atoms with Gasteiger partial charge in [0.05, 0.1) is 11.6 Å². The predicted molar refractivity (Wildman–Crippen MR) is 131 cm³/mol. The van der Waals surface area contributed by atoms with Gasteiger partial charge in [0.1, 0.15) is 0 Å². The van der Waals surface area contributed by atoms with Gasteiger partial charge in [-0.1, -0.05) is 48.5 Å². The second-order valence-electron chi connectivity index (χ2n) is 9.45. The number of rotatable bonds is 3. The Hall–Kier alpha value is -3.68. The predicted octanol–water partition coefficient (Wildman–Crippen LogP) is 5.16. The molecule has 1 fully saturated rings. The molecule has 162 valence electrons. The molecule has 0 saturated carbocycles. The van der Waals surface area contributed by atoms with E-state index in [0.29, 0.717) is 17.4 Å². The molecular weight excluding hydrogens is 406 g/mol. The highest BCUT2D eigenvalue weighted by Crippen LogP contribution is 2.40. The van der Waals surface area contributed by atoms with Gasteiger partial charge in [0.2, 0.25) is 0 Å². The smallest absolute Gasteiger partial charge is 0.250 e. The van der Waals surface area contributed by atoms with E-state index in [1.165, 1.54) is 33.2 Å². The molecule has 0 N–H and O–H groups in total. The van der Waals surface area contributed by atoms with Crippen molar-refractivity contribution in [3.63, 3.8) is 0 Å². The first-order valence-corrected chi connectivity index (χ1v) is 11.6. The summed E-state index contributed by atoms with van der Waals surface area (Å²) in [6.07, 6.45) is 1.12. The SMILES string of the molecule is N#Cc1cccc(CN2C[C@@H]3C[C@H](C2)c2c(-c4ccc5ccccc5c4)ccc(=O)n2C3)c1. The van der Waals surface area contributed by atoms with Gasteiger partial charge < -0.3 is 4.57 Å². The fourth-order valence-electron chi connectivity index (χ4n) is 5.84. The van der Waals surface area contributed by atoms with E-state index in [0.717, 1.165) is 32.6 Å². The minimum atomic E-state index is 0.111. The number of aromatic nitrogens is 1. The summed E-state index contributed by atoms with van der Waals surface area (Å²) < 4.78 is 2.04. The van der Waals surface area contributed by atoms with E-state index < -0.39 is 0 Å². The molecule has 0 aliphatic carbocycles. The van der Waals surface area contributed by atoms with Gasteiger partial charge in [-0.05, 0) is 58.5 Å². The quantitative estimate of drug-likeness (QED) is 0.450. The number of piperidine rings is 1. The van der Waals surface area contributed by atoms with Crippen molar-refractivity contribution in [1.29, 1.82) is 5.26 Å². The number of nitriles is 1. The molecule has 2 aliphatic rings. The number of fused-ring (bicyclic) bond motifs is 5. The highest BCUT2D eigenvalue weighted by Gasteiger charge is 2.36. The standard InChI is InChI=1S/C29H25N3O/c30-15-20-4-3-5-21(12-20)16-31-17-22-13-26(19-31)29-27(10-11-28(33)32(29)18-22)25-9-8-23-6-1-2-7-24(23)14-25/h1-12,14,22,26H,13,16-19H2/t22-,26+/m0/s1. The van der Waals surface area contributed by atoms with Gasteiger partial charge in [-0.3, -0.25) is 9.69 Å². The van der Waals surface area contributed by atoms with E-state index in [1.54, 1.807) is 6.07 Å². The van der Waals surface area contributed by atoms with Crippen molar-refractivity contribution in [2.24, 2.45) is 5.92 Å². The summed E-state index contributed by atoms with van der Waals surface area (Å²) in [5, 5.41) is 11.7. The molecule has 4 nitrogen and oxygen atoms in total. The van der Waals surface area contributed by atoms with Crippen LogP contribution < -0.4 is 5.56 Å². The zero-order valence-electron chi connectivity index (χ0n) is 18.4. The van der Waals surface area contributed by atoms with E-state index in [2.05, 4.69) is 59.5 Å². The zero-order chi connectivity index (χ0) is 22.4. The molecule has 3 heterocycles. The van der Waals surface area contributed by atoms with Crippen molar-refractivity contribution in [3.05, 3.63) is 106 Å². The maximum Gasteiger partial charge on any atom is 0.250 e. The molecule has 4 heteroatoms. The van der Waals surface area contributed by atoms with Gasteiger partial charge in [-0.25, -0.2) is 0 Å². The van der Waals surface area contributed by atoms with Crippen molar-refractivity contribution in [3.8, 4) is 17.2 Å². The van der Waals surface area contributed by atoms with Crippen LogP contribution in [0.15, 0.2) is 83.7 Å². The third-order valence-corrected chi connectivity index (χ3v) is 7.19. The maximum atomic E-state index is 12.9. The van der Waals surface area contributed by atoms with Gasteiger partial charge in [0, 0.05) is 49.4 Å². The van der Waals surface area contributed by atoms with Crippen LogP contribution in [0.1, 0.15) is 29.2 Å². The largest absolute Gasteiger partial charge is 0.311 e. The summed E-state index contributed by atoms with van der Waals surface area (Å²) in [6, 6.07) is 28.9. The molecule has 0 spiro atoms. The third-order valence-electron chi connectivity index (χ3n) is 7.19. The molecule has 3 aromatic carbocycles. The van der Waals surface area contributed by atoms with Crippen molar-refractivity contribution in [1.82, 2.24) is 9.47 Å². The maximum absolute atomic E-state index is 12.9. The van der Waals surface area contributed by atoms with Gasteiger partial charge >= 0.3 is 0 Å². The number of hydrogen-bond acceptors (Lipinski definition) is 3. The van der Waals surface area contributed by atoms with E-state index >= 15 is 0 Å². The first-order chi connectivity index (χ1) is 16.2. The fourth-order valence-corrected chi connectivity index (χ4v) is 5.84. The number of likely N-dealkylation sites (tertiary alicyclic amines) is 1. The molecule has 0 amide bonds. The van der Waals surface area contributed by atoms with Crippen LogP contribution >= 0.6 is 0 Å². The highest BCUT2D eigenvalue weighted by molar-refractivity contribution is 5.87. The average molecular weight is 432 g/mol. The lowest BCUT2D eigenvalue weighted by molar-refractivity contribution is 0.115. The van der Waals surface area contributed by atoms with Crippen molar-refractivity contribution >= 4 is 10.8 Å². The van der Waals surface area contributed by atoms with Crippen LogP contribution in [0.5, 0.6) is 0 Å². The topological polar surface area (TPSA) is 49.0 Å². The highest BCUT2D eigenvalue weighted by atomic mass is 16.1. The van der Waals surface area contributed by atoms with E-state index in [9.17, 15) is 10.1 Å². The van der Waals surface area contributed by atoms with E-state index in [-0.39, 0.29) is 5.56 Å². The molecule has 1 saturated heterocycles. The normalized spacial score (nSPS) is 19.7. The Morgan fingerprint density at radius 2 is 1.76 bits per heavy atom. The number of nitrogens with zero attached hydrogens (tertiary/aromatic N) is 3. The van der Waals surface area contributed by atoms with Crippen LogP contribution in [0.25, 0.3) is 21.9 Å². The number of benzene rings is 3. The molecule has 0 radical (unpaired) electrons. The molecule has 0 unspecified atom stereocenters. The summed E-state index contributed by atoms with van der Waals surface area (Å²) in [7, 11) is 0. The summed E-state index contributed by atoms with van der Waals surface area (Å²) in [5.41, 5.74) is 5.53. The molecule has 2 aliphatic heterocycles. The molecule has 2 bridgehead atoms. The van der Waals surface area contributed by atoms with E-state index in [4.69, 9.17) is 0 Å². The molecular formula is C29H25N3O. The Balaban J connectivity index is 1.37. The first-order valence-electron chi connectivity index (χ1n) is 11.6. The van der Waals surface area contributed by atoms with Crippen LogP contribution in [0, 0.1) is 17.2 Å². The van der Waals surface area contributed by atoms with Crippen LogP contribution in [-0.4, -0.2) is 22.6 Å². The first kappa shape index (κ1) is 20.0. The average Bonchev–Trinajstić information content (AvgIpc) is 2.84. The van der Waals surface area contributed by atoms with Gasteiger partial charge in [0.15, 0.2) is 0 Å². The molecule has 2 atom stereocenters. The minimum Gasteiger partial charge on any atom is -0.311 e. The van der Waals surface area contributed by atoms with Crippen molar-refractivity contribution < 1.29 is 0 Å². The lowest BCUT2D eigenvalue weighted by Crippen LogP contribution is -2.47. The fraction of sp³-hybridized carbons (Fsp3) is 0.241. The van der Waals surface area contributed by atoms with Crippen molar-refractivity contribution in [2.45, 2.75) is 25.4 Å². The Morgan fingerprint density at radius 1 is 0.879 bits per heavy atom. The van der Waals surface area contributed by atoms with Crippen LogP contribution in [-0.2, 0) is 13.1 Å². The van der Waals surface area contributed by atoms with E-state index in [1.807, 2.05) is 28.8 Å². The van der Waals surface area contributed by atoms with Crippen LogP contribution in [0.3, 0.4) is 0 Å². The summed E-state index contributed by atoms with van der Waals surface area (Å²) in [4.78, 5) is 15.4. The lowest BCUT2D eigenvalue weighted by atomic mass is 9.80. The molecule has 4 aromatic rings. The lowest BCUT2D eigenvalue weighted by Gasteiger charge is -2.43. The Kier molecular flexibility index (Phi) is 4.86. The second kappa shape index (κ2) is 8.03. The summed E-state index contributed by atoms with van der Waals surface area (Å²) in [5.74, 6) is 0.798. The minimum absolute atomic E-state index is 0.111. The van der Waals surface area contributed by atoms with Crippen LogP contribution in [0.2, 0.25) is 0 Å². The summed E-state index contributed by atoms with van der Waals surface area (Å²) in [6.45, 7) is 3.53. The summed E-state index contributed by atoms with van der Waals surface area (Å²) >= 11 is 0. The molecule has 1 aromatic heterocycles. The Bertz CT molecular complexity index is 1460.